The van der Waals surface area contributed by atoms with Crippen molar-refractivity contribution in [1.29, 1.82) is 0 Å². The first-order chi connectivity index (χ1) is 10.5. The monoisotopic (exact) mass is 300 g/mol. The summed E-state index contributed by atoms with van der Waals surface area (Å²) in [5.74, 6) is -2.09. The lowest BCUT2D eigenvalue weighted by atomic mass is 10.1. The summed E-state index contributed by atoms with van der Waals surface area (Å²) in [7, 11) is 0. The second kappa shape index (κ2) is 5.07. The highest BCUT2D eigenvalue weighted by atomic mass is 19.1. The minimum Gasteiger partial charge on any atom is -0.365 e. The molecule has 0 saturated heterocycles. The van der Waals surface area contributed by atoms with Gasteiger partial charge in [0.15, 0.2) is 0 Å². The predicted octanol–water partition coefficient (Wildman–Crippen LogP) is 2.37. The number of rotatable bonds is 2. The molecule has 0 fully saturated rings. The van der Waals surface area contributed by atoms with Gasteiger partial charge in [0.05, 0.1) is 11.2 Å². The molecule has 6 heteroatoms. The van der Waals surface area contributed by atoms with E-state index in [1.165, 1.54) is 28.8 Å². The van der Waals surface area contributed by atoms with Gasteiger partial charge in [-0.15, -0.1) is 0 Å². The van der Waals surface area contributed by atoms with Gasteiger partial charge in [0.2, 0.25) is 5.43 Å². The topological polar surface area (TPSA) is 65.1 Å². The summed E-state index contributed by atoms with van der Waals surface area (Å²) in [6.07, 6.45) is 1.13. The van der Waals surface area contributed by atoms with E-state index in [1.807, 2.05) is 0 Å². The third-order valence-corrected chi connectivity index (χ3v) is 3.34. The largest absolute Gasteiger partial charge is 0.365 e. The second-order valence-corrected chi connectivity index (χ2v) is 4.72. The van der Waals surface area contributed by atoms with Crippen LogP contribution in [0.3, 0.4) is 0 Å². The highest BCUT2D eigenvalue weighted by Gasteiger charge is 2.16. The van der Waals surface area contributed by atoms with Crippen LogP contribution < -0.4 is 11.2 Å². The van der Waals surface area contributed by atoms with Crippen LogP contribution >= 0.6 is 0 Å². The number of para-hydroxylation sites is 1. The van der Waals surface area contributed by atoms with E-state index in [4.69, 9.17) is 5.73 Å². The molecule has 0 bridgehead atoms. The molecule has 110 valence electrons. The summed E-state index contributed by atoms with van der Waals surface area (Å²) in [4.78, 5) is 23.7. The van der Waals surface area contributed by atoms with Crippen LogP contribution in [0.25, 0.3) is 16.6 Å². The van der Waals surface area contributed by atoms with Crippen molar-refractivity contribution in [2.75, 3.05) is 0 Å². The van der Waals surface area contributed by atoms with Crippen molar-refractivity contribution < 1.29 is 13.6 Å². The number of carbonyl (C=O) groups is 1. The highest BCUT2D eigenvalue weighted by Crippen LogP contribution is 2.20. The van der Waals surface area contributed by atoms with Gasteiger partial charge in [0.1, 0.15) is 17.2 Å². The van der Waals surface area contributed by atoms with Crippen LogP contribution in [0.4, 0.5) is 8.78 Å². The van der Waals surface area contributed by atoms with E-state index in [0.717, 1.165) is 18.3 Å². The Bertz CT molecular complexity index is 964. The minimum atomic E-state index is -0.929. The maximum Gasteiger partial charge on any atom is 0.254 e. The minimum absolute atomic E-state index is 0.0839. The van der Waals surface area contributed by atoms with Crippen LogP contribution in [0, 0.1) is 11.6 Å². The van der Waals surface area contributed by atoms with Crippen molar-refractivity contribution in [3.05, 3.63) is 76.1 Å². The number of amides is 1. The fraction of sp³-hybridized carbons (Fsp3) is 0. The number of hydrogen-bond acceptors (Lipinski definition) is 2. The number of halogens is 2. The Morgan fingerprint density at radius 1 is 1.09 bits per heavy atom. The first-order valence-electron chi connectivity index (χ1n) is 6.38. The van der Waals surface area contributed by atoms with E-state index < -0.39 is 23.0 Å². The Morgan fingerprint density at radius 3 is 2.50 bits per heavy atom. The third-order valence-electron chi connectivity index (χ3n) is 3.34. The first-order valence-corrected chi connectivity index (χ1v) is 6.38. The molecule has 2 N–H and O–H groups in total. The van der Waals surface area contributed by atoms with Gasteiger partial charge in [-0.05, 0) is 30.3 Å². The molecule has 1 aromatic heterocycles. The van der Waals surface area contributed by atoms with Gasteiger partial charge in [-0.25, -0.2) is 8.78 Å². The van der Waals surface area contributed by atoms with Gasteiger partial charge in [-0.1, -0.05) is 12.1 Å². The van der Waals surface area contributed by atoms with E-state index in [-0.39, 0.29) is 22.2 Å². The number of nitrogens with two attached hydrogens (primary N) is 1. The number of carbonyl (C=O) groups excluding carboxylic acids is 1. The summed E-state index contributed by atoms with van der Waals surface area (Å²) in [6.45, 7) is 0. The van der Waals surface area contributed by atoms with Gasteiger partial charge in [-0.3, -0.25) is 9.59 Å². The zero-order chi connectivity index (χ0) is 15.9. The zero-order valence-electron chi connectivity index (χ0n) is 11.2. The van der Waals surface area contributed by atoms with E-state index in [2.05, 4.69) is 0 Å². The van der Waals surface area contributed by atoms with Crippen molar-refractivity contribution in [1.82, 2.24) is 4.57 Å². The van der Waals surface area contributed by atoms with Crippen LogP contribution in [0.5, 0.6) is 0 Å². The number of benzene rings is 2. The Balaban J connectivity index is 2.50. The summed E-state index contributed by atoms with van der Waals surface area (Å²) < 4.78 is 28.8. The molecule has 0 atom stereocenters. The van der Waals surface area contributed by atoms with E-state index in [9.17, 15) is 18.4 Å². The SMILES string of the molecule is NC(=O)c1cn(-c2ccccc2F)c2cc(F)ccc2c1=O. The summed E-state index contributed by atoms with van der Waals surface area (Å²) >= 11 is 0. The van der Waals surface area contributed by atoms with E-state index in [0.29, 0.717) is 0 Å². The molecule has 0 spiro atoms. The van der Waals surface area contributed by atoms with E-state index in [1.54, 1.807) is 6.07 Å². The highest BCUT2D eigenvalue weighted by molar-refractivity contribution is 5.96. The van der Waals surface area contributed by atoms with Crippen LogP contribution in [0.15, 0.2) is 53.5 Å². The molecule has 1 amide bonds. The van der Waals surface area contributed by atoms with Crippen molar-refractivity contribution in [2.24, 2.45) is 5.73 Å². The van der Waals surface area contributed by atoms with Crippen LogP contribution in [-0.2, 0) is 0 Å². The second-order valence-electron chi connectivity index (χ2n) is 4.72. The number of pyridine rings is 1. The van der Waals surface area contributed by atoms with Crippen LogP contribution in [-0.4, -0.2) is 10.5 Å². The summed E-state index contributed by atoms with van der Waals surface area (Å²) in [6, 6.07) is 9.22. The average Bonchev–Trinajstić information content (AvgIpc) is 2.48. The quantitative estimate of drug-likeness (QED) is 0.789. The number of primary amides is 1. The number of hydrogen-bond donors (Lipinski definition) is 1. The van der Waals surface area contributed by atoms with Crippen molar-refractivity contribution in [2.45, 2.75) is 0 Å². The smallest absolute Gasteiger partial charge is 0.254 e. The van der Waals surface area contributed by atoms with Crippen molar-refractivity contribution >= 4 is 16.8 Å². The summed E-state index contributed by atoms with van der Waals surface area (Å²) in [5.41, 5.74) is 4.53. The van der Waals surface area contributed by atoms with Crippen LogP contribution in [0.2, 0.25) is 0 Å². The lowest BCUT2D eigenvalue weighted by Gasteiger charge is -2.13. The standard InChI is InChI=1S/C16H10F2N2O2/c17-9-5-6-10-14(7-9)20(8-11(15(10)21)16(19)22)13-4-2-1-3-12(13)18/h1-8H,(H2,19,22). The fourth-order valence-electron chi connectivity index (χ4n) is 2.32. The maximum atomic E-state index is 14.0. The van der Waals surface area contributed by atoms with Crippen molar-refractivity contribution in [3.8, 4) is 5.69 Å². The number of fused-ring (bicyclic) bond motifs is 1. The predicted molar refractivity (Wildman–Crippen MR) is 78.0 cm³/mol. The number of aromatic nitrogens is 1. The molecular weight excluding hydrogens is 290 g/mol. The lowest BCUT2D eigenvalue weighted by molar-refractivity contribution is 0.0999. The fourth-order valence-corrected chi connectivity index (χ4v) is 2.32. The van der Waals surface area contributed by atoms with Gasteiger partial charge < -0.3 is 10.3 Å². The molecule has 4 nitrogen and oxygen atoms in total. The zero-order valence-corrected chi connectivity index (χ0v) is 11.2. The maximum absolute atomic E-state index is 14.0. The van der Waals surface area contributed by atoms with E-state index >= 15 is 0 Å². The third kappa shape index (κ3) is 2.14. The molecule has 1 heterocycles. The Hall–Kier alpha value is -3.02. The van der Waals surface area contributed by atoms with Crippen molar-refractivity contribution in [3.63, 3.8) is 0 Å². The molecule has 2 aromatic carbocycles. The molecule has 0 unspecified atom stereocenters. The lowest BCUT2D eigenvalue weighted by Crippen LogP contribution is -2.24. The van der Waals surface area contributed by atoms with Gasteiger partial charge >= 0.3 is 0 Å². The molecule has 0 saturated carbocycles. The Kier molecular flexibility index (Phi) is 3.21. The first kappa shape index (κ1) is 13.9. The van der Waals surface area contributed by atoms with Crippen LogP contribution in [0.1, 0.15) is 10.4 Å². The Labute approximate surface area is 123 Å². The number of nitrogens with zero attached hydrogens (tertiary/aromatic N) is 1. The van der Waals surface area contributed by atoms with Gasteiger partial charge in [-0.2, -0.15) is 0 Å². The molecule has 0 radical (unpaired) electrons. The average molecular weight is 300 g/mol. The molecule has 0 aliphatic rings. The molecule has 0 aliphatic heterocycles. The molecule has 3 aromatic rings. The molecular formula is C16H10F2N2O2. The molecule has 0 aliphatic carbocycles. The Morgan fingerprint density at radius 2 is 1.82 bits per heavy atom. The van der Waals surface area contributed by atoms with Gasteiger partial charge in [0, 0.05) is 11.6 Å². The normalized spacial score (nSPS) is 10.8. The van der Waals surface area contributed by atoms with Gasteiger partial charge in [0.25, 0.3) is 5.91 Å². The molecule has 3 rings (SSSR count). The summed E-state index contributed by atoms with van der Waals surface area (Å²) in [5, 5.41) is 0.0842. The molecule has 22 heavy (non-hydrogen) atoms.